The lowest BCUT2D eigenvalue weighted by Gasteiger charge is -2.24. The first-order valence-electron chi connectivity index (χ1n) is 11.6. The number of nitrogens with one attached hydrogen (secondary N) is 1. The van der Waals surface area contributed by atoms with Crippen molar-refractivity contribution >= 4 is 35.1 Å². The maximum absolute atomic E-state index is 13.6. The number of carboxylic acids is 1. The van der Waals surface area contributed by atoms with Crippen LogP contribution in [0.25, 0.3) is 16.9 Å². The van der Waals surface area contributed by atoms with Gasteiger partial charge in [0.2, 0.25) is 0 Å². The van der Waals surface area contributed by atoms with Gasteiger partial charge in [-0.25, -0.2) is 14.2 Å². The summed E-state index contributed by atoms with van der Waals surface area (Å²) in [4.78, 5) is 24.5. The van der Waals surface area contributed by atoms with Crippen LogP contribution in [0.2, 0.25) is 10.0 Å². The molecule has 0 saturated heterocycles. The molecule has 0 spiro atoms. The molecule has 11 nitrogen and oxygen atoms in total. The normalized spacial score (nSPS) is 11.4. The number of halogens is 2. The highest BCUT2D eigenvalue weighted by Gasteiger charge is 2.32. The van der Waals surface area contributed by atoms with E-state index in [9.17, 15) is 9.59 Å². The highest BCUT2D eigenvalue weighted by molar-refractivity contribution is 6.35. The lowest BCUT2D eigenvalue weighted by atomic mass is 10.0. The minimum absolute atomic E-state index is 0.211. The second-order valence-electron chi connectivity index (χ2n) is 8.95. The molecule has 198 valence electrons. The van der Waals surface area contributed by atoms with Crippen molar-refractivity contribution in [2.45, 2.75) is 32.7 Å². The van der Waals surface area contributed by atoms with Crippen LogP contribution >= 0.6 is 23.2 Å². The molecule has 0 saturated carbocycles. The van der Waals surface area contributed by atoms with Crippen molar-refractivity contribution in [3.63, 3.8) is 0 Å². The molecule has 2 aromatic carbocycles. The van der Waals surface area contributed by atoms with Gasteiger partial charge >= 0.3 is 5.97 Å². The third-order valence-electron chi connectivity index (χ3n) is 5.79. The zero-order chi connectivity index (χ0) is 27.6. The molecule has 0 aliphatic carbocycles. The molecular formula is C25H25Cl2N7O4. The van der Waals surface area contributed by atoms with Crippen LogP contribution in [0.3, 0.4) is 0 Å². The van der Waals surface area contributed by atoms with Crippen LogP contribution in [-0.2, 0) is 23.8 Å². The van der Waals surface area contributed by atoms with Crippen LogP contribution in [0.4, 0.5) is 0 Å². The lowest BCUT2D eigenvalue weighted by Crippen LogP contribution is -2.43. The first kappa shape index (κ1) is 27.1. The van der Waals surface area contributed by atoms with E-state index < -0.39 is 24.0 Å². The maximum atomic E-state index is 13.6. The fraction of sp³-hybridized carbons (Fsp3) is 0.280. The summed E-state index contributed by atoms with van der Waals surface area (Å²) in [6.45, 7) is 5.06. The molecule has 38 heavy (non-hydrogen) atoms. The van der Waals surface area contributed by atoms with E-state index in [2.05, 4.69) is 20.8 Å². The van der Waals surface area contributed by atoms with Crippen molar-refractivity contribution in [2.75, 3.05) is 6.61 Å². The summed E-state index contributed by atoms with van der Waals surface area (Å²) in [5, 5.41) is 28.9. The highest BCUT2D eigenvalue weighted by Crippen LogP contribution is 2.34. The second-order valence-corrected chi connectivity index (χ2v) is 9.79. The quantitative estimate of drug-likeness (QED) is 0.314. The molecular weight excluding hydrogens is 533 g/mol. The average molecular weight is 558 g/mol. The molecule has 2 heterocycles. The van der Waals surface area contributed by atoms with Crippen LogP contribution in [-0.4, -0.2) is 53.6 Å². The van der Waals surface area contributed by atoms with Gasteiger partial charge in [0.25, 0.3) is 5.91 Å². The number of nitrogens with zero attached hydrogens (tertiary/aromatic N) is 6. The smallest absolute Gasteiger partial charge is 0.341 e. The monoisotopic (exact) mass is 557 g/mol. The molecule has 2 aromatic heterocycles. The first-order chi connectivity index (χ1) is 18.0. The average Bonchev–Trinajstić information content (AvgIpc) is 3.47. The van der Waals surface area contributed by atoms with Crippen molar-refractivity contribution < 1.29 is 19.4 Å². The maximum Gasteiger partial charge on any atom is 0.341 e. The van der Waals surface area contributed by atoms with Gasteiger partial charge in [0, 0.05) is 23.2 Å². The first-order valence-corrected chi connectivity index (χ1v) is 12.3. The van der Waals surface area contributed by atoms with Gasteiger partial charge in [-0.2, -0.15) is 5.10 Å². The van der Waals surface area contributed by atoms with Gasteiger partial charge in [-0.15, -0.1) is 5.10 Å². The summed E-state index contributed by atoms with van der Waals surface area (Å²) in [7, 11) is 1.69. The van der Waals surface area contributed by atoms with E-state index in [-0.39, 0.29) is 5.69 Å². The summed E-state index contributed by atoms with van der Waals surface area (Å²) in [5.74, 6) is -0.627. The van der Waals surface area contributed by atoms with Crippen LogP contribution < -0.4 is 10.1 Å². The number of aromatic nitrogens is 6. The zero-order valence-corrected chi connectivity index (χ0v) is 22.6. The van der Waals surface area contributed by atoms with Crippen molar-refractivity contribution in [2.24, 2.45) is 7.05 Å². The Morgan fingerprint density at radius 1 is 1.13 bits per heavy atom. The molecule has 0 atom stereocenters. The Morgan fingerprint density at radius 2 is 1.84 bits per heavy atom. The predicted molar refractivity (Wildman–Crippen MR) is 141 cm³/mol. The minimum atomic E-state index is -1.08. The molecule has 2 N–H and O–H groups in total. The van der Waals surface area contributed by atoms with Crippen LogP contribution in [0.1, 0.15) is 42.6 Å². The van der Waals surface area contributed by atoms with E-state index in [0.29, 0.717) is 45.0 Å². The number of aryl methyl sites for hydroxylation is 1. The topological polar surface area (TPSA) is 137 Å². The molecule has 4 rings (SSSR count). The van der Waals surface area contributed by atoms with E-state index in [1.807, 2.05) is 6.92 Å². The van der Waals surface area contributed by atoms with Gasteiger partial charge in [-0.1, -0.05) is 30.1 Å². The molecule has 0 aliphatic rings. The van der Waals surface area contributed by atoms with E-state index in [1.54, 1.807) is 68.0 Å². The fourth-order valence-corrected chi connectivity index (χ4v) is 4.59. The van der Waals surface area contributed by atoms with E-state index in [1.165, 1.54) is 4.68 Å². The number of hydrogen-bond acceptors (Lipinski definition) is 7. The molecule has 13 heteroatoms. The minimum Gasteiger partial charge on any atom is -0.482 e. The number of rotatable bonds is 9. The Kier molecular flexibility index (Phi) is 7.70. The molecule has 0 radical (unpaired) electrons. The van der Waals surface area contributed by atoms with Crippen molar-refractivity contribution in [3.05, 3.63) is 69.6 Å². The Morgan fingerprint density at radius 3 is 2.42 bits per heavy atom. The molecule has 0 bridgehead atoms. The van der Waals surface area contributed by atoms with Gasteiger partial charge in [0.05, 0.1) is 21.9 Å². The second kappa shape index (κ2) is 10.8. The van der Waals surface area contributed by atoms with Gasteiger partial charge in [-0.3, -0.25) is 4.79 Å². The number of tetrazole rings is 1. The molecule has 0 unspecified atom stereocenters. The SMILES string of the molecule is CCc1c(C(=O)NC(C)(C)c2nnnn2C)nn(-c2ccc(Cl)cc2Cl)c1-c1ccc(OCC(=O)O)cc1. The Balaban J connectivity index is 1.82. The molecule has 1 amide bonds. The molecule has 4 aromatic rings. The Bertz CT molecular complexity index is 1500. The van der Waals surface area contributed by atoms with Crippen LogP contribution in [0.5, 0.6) is 5.75 Å². The Labute approximate surface area is 228 Å². The number of hydrogen-bond donors (Lipinski definition) is 2. The van der Waals surface area contributed by atoms with Gasteiger partial charge in [0.15, 0.2) is 18.1 Å². The summed E-state index contributed by atoms with van der Waals surface area (Å²) >= 11 is 12.7. The highest BCUT2D eigenvalue weighted by atomic mass is 35.5. The third-order valence-corrected chi connectivity index (χ3v) is 6.32. The zero-order valence-electron chi connectivity index (χ0n) is 21.1. The van der Waals surface area contributed by atoms with E-state index >= 15 is 0 Å². The number of aliphatic carboxylic acids is 1. The van der Waals surface area contributed by atoms with E-state index in [4.69, 9.17) is 38.1 Å². The van der Waals surface area contributed by atoms with Gasteiger partial charge in [-0.05, 0) is 73.2 Å². The summed E-state index contributed by atoms with van der Waals surface area (Å²) in [6, 6.07) is 11.9. The summed E-state index contributed by atoms with van der Waals surface area (Å²) in [5.41, 5.74) is 1.89. The number of amides is 1. The predicted octanol–water partition coefficient (Wildman–Crippen LogP) is 4.06. The largest absolute Gasteiger partial charge is 0.482 e. The number of ether oxygens (including phenoxy) is 1. The number of carbonyl (C=O) groups is 2. The standard InChI is InChI=1S/C25H25Cl2N7O4/c1-5-17-21(23(37)28-25(2,3)24-29-31-32-33(24)4)30-34(19-11-8-15(26)12-18(19)27)22(17)14-6-9-16(10-7-14)38-13-20(35)36/h6-12H,5,13H2,1-4H3,(H,28,37)(H,35,36). The molecule has 0 aliphatic heterocycles. The van der Waals surface area contributed by atoms with Crippen molar-refractivity contribution in [3.8, 4) is 22.7 Å². The lowest BCUT2D eigenvalue weighted by molar-refractivity contribution is -0.139. The van der Waals surface area contributed by atoms with Gasteiger partial charge < -0.3 is 15.2 Å². The number of benzene rings is 2. The van der Waals surface area contributed by atoms with E-state index in [0.717, 1.165) is 5.56 Å². The van der Waals surface area contributed by atoms with Crippen LogP contribution in [0.15, 0.2) is 42.5 Å². The molecule has 0 fully saturated rings. The van der Waals surface area contributed by atoms with Crippen LogP contribution in [0, 0.1) is 0 Å². The van der Waals surface area contributed by atoms with Crippen molar-refractivity contribution in [1.82, 2.24) is 35.3 Å². The summed E-state index contributed by atoms with van der Waals surface area (Å²) in [6.07, 6.45) is 0.479. The number of carboxylic acid groups (broad SMARTS) is 1. The third kappa shape index (κ3) is 5.48. The van der Waals surface area contributed by atoms with Gasteiger partial charge in [0.1, 0.15) is 5.75 Å². The Hall–Kier alpha value is -3.96. The van der Waals surface area contributed by atoms with Crippen molar-refractivity contribution in [1.29, 1.82) is 0 Å². The number of carbonyl (C=O) groups excluding carboxylic acids is 1. The summed E-state index contributed by atoms with van der Waals surface area (Å²) < 4.78 is 8.37. The fourth-order valence-electron chi connectivity index (χ4n) is 4.10.